The first-order valence-electron chi connectivity index (χ1n) is 6.51. The lowest BCUT2D eigenvalue weighted by Gasteiger charge is -2.04. The highest BCUT2D eigenvalue weighted by Gasteiger charge is 2.20. The number of aromatic hydroxyl groups is 1. The van der Waals surface area contributed by atoms with Crippen molar-refractivity contribution in [2.45, 2.75) is 0 Å². The van der Waals surface area contributed by atoms with Crippen LogP contribution in [0.3, 0.4) is 0 Å². The van der Waals surface area contributed by atoms with E-state index >= 15 is 0 Å². The van der Waals surface area contributed by atoms with Gasteiger partial charge in [-0.25, -0.2) is 0 Å². The van der Waals surface area contributed by atoms with Gasteiger partial charge < -0.3 is 20.0 Å². The van der Waals surface area contributed by atoms with Gasteiger partial charge in [0.2, 0.25) is 5.88 Å². The topological polar surface area (TPSA) is 68.6 Å². The number of ether oxygens (including phenoxy) is 1. The zero-order chi connectivity index (χ0) is 14.8. The molecule has 0 bridgehead atoms. The first-order valence-corrected chi connectivity index (χ1v) is 6.51. The molecule has 4 nitrogen and oxygen atoms in total. The fourth-order valence-corrected chi connectivity index (χ4v) is 2.28. The van der Waals surface area contributed by atoms with E-state index in [-0.39, 0.29) is 11.6 Å². The van der Waals surface area contributed by atoms with E-state index in [9.17, 15) is 5.11 Å². The molecule has 106 valence electrons. The molecular formula is C17H15NO3. The Morgan fingerprint density at radius 2 is 1.71 bits per heavy atom. The first kappa shape index (κ1) is 13.1. The Bertz CT molecular complexity index is 763. The van der Waals surface area contributed by atoms with E-state index in [0.29, 0.717) is 17.1 Å². The van der Waals surface area contributed by atoms with Crippen molar-refractivity contribution < 1.29 is 14.3 Å². The average Bonchev–Trinajstić information content (AvgIpc) is 2.83. The number of furan rings is 1. The Morgan fingerprint density at radius 3 is 2.43 bits per heavy atom. The maximum atomic E-state index is 10.5. The van der Waals surface area contributed by atoms with E-state index in [2.05, 4.69) is 0 Å². The molecule has 0 unspecified atom stereocenters. The molecule has 4 heteroatoms. The SMILES string of the molecule is COc1cccc(-c2c(N)oc(-c3ccccc3)c2O)c1. The summed E-state index contributed by atoms with van der Waals surface area (Å²) in [7, 11) is 1.59. The molecule has 0 fully saturated rings. The number of methoxy groups -OCH3 is 1. The molecule has 0 saturated heterocycles. The van der Waals surface area contributed by atoms with Crippen LogP contribution in [0.4, 0.5) is 5.88 Å². The number of hydrogen-bond donors (Lipinski definition) is 2. The molecule has 3 aromatic rings. The van der Waals surface area contributed by atoms with Crippen molar-refractivity contribution in [1.29, 1.82) is 0 Å². The Hall–Kier alpha value is -2.88. The van der Waals surface area contributed by atoms with Gasteiger partial charge in [-0.15, -0.1) is 0 Å². The third-order valence-electron chi connectivity index (χ3n) is 3.30. The van der Waals surface area contributed by atoms with Crippen LogP contribution in [0, 0.1) is 0 Å². The molecule has 2 aromatic carbocycles. The van der Waals surface area contributed by atoms with Gasteiger partial charge in [0.15, 0.2) is 11.5 Å². The van der Waals surface area contributed by atoms with Crippen LogP contribution < -0.4 is 10.5 Å². The smallest absolute Gasteiger partial charge is 0.202 e. The molecule has 3 rings (SSSR count). The Morgan fingerprint density at radius 1 is 1.00 bits per heavy atom. The zero-order valence-electron chi connectivity index (χ0n) is 11.5. The normalized spacial score (nSPS) is 10.5. The Labute approximate surface area is 122 Å². The molecule has 0 saturated carbocycles. The third kappa shape index (κ3) is 2.31. The van der Waals surface area contributed by atoms with Crippen molar-refractivity contribution in [2.75, 3.05) is 12.8 Å². The minimum absolute atomic E-state index is 0.0342. The van der Waals surface area contributed by atoms with Gasteiger partial charge in [-0.05, 0) is 17.7 Å². The monoisotopic (exact) mass is 281 g/mol. The fraction of sp³-hybridized carbons (Fsp3) is 0.0588. The maximum Gasteiger partial charge on any atom is 0.202 e. The van der Waals surface area contributed by atoms with Crippen LogP contribution in [0.2, 0.25) is 0 Å². The lowest BCUT2D eigenvalue weighted by Crippen LogP contribution is -1.87. The number of anilines is 1. The summed E-state index contributed by atoms with van der Waals surface area (Å²) >= 11 is 0. The third-order valence-corrected chi connectivity index (χ3v) is 3.30. The summed E-state index contributed by atoms with van der Waals surface area (Å²) in [4.78, 5) is 0. The molecule has 1 aromatic heterocycles. The predicted octanol–water partition coefficient (Wildman–Crippen LogP) is 3.91. The maximum absolute atomic E-state index is 10.5. The quantitative estimate of drug-likeness (QED) is 0.763. The van der Waals surface area contributed by atoms with Crippen LogP contribution in [0.15, 0.2) is 59.0 Å². The van der Waals surface area contributed by atoms with E-state index in [1.807, 2.05) is 48.5 Å². The van der Waals surface area contributed by atoms with Gasteiger partial charge in [-0.2, -0.15) is 0 Å². The number of hydrogen-bond acceptors (Lipinski definition) is 4. The second-order valence-electron chi connectivity index (χ2n) is 4.62. The predicted molar refractivity (Wildman–Crippen MR) is 82.2 cm³/mol. The molecule has 0 atom stereocenters. The molecular weight excluding hydrogens is 266 g/mol. The molecule has 0 aliphatic carbocycles. The van der Waals surface area contributed by atoms with Crippen molar-refractivity contribution in [1.82, 2.24) is 0 Å². The van der Waals surface area contributed by atoms with E-state index in [1.165, 1.54) is 0 Å². The molecule has 0 spiro atoms. The van der Waals surface area contributed by atoms with E-state index in [0.717, 1.165) is 11.1 Å². The minimum atomic E-state index is 0.0342. The van der Waals surface area contributed by atoms with Crippen LogP contribution >= 0.6 is 0 Å². The minimum Gasteiger partial charge on any atom is -0.504 e. The summed E-state index contributed by atoms with van der Waals surface area (Å²) in [6.45, 7) is 0. The van der Waals surface area contributed by atoms with Crippen molar-refractivity contribution in [3.8, 4) is 33.9 Å². The Kier molecular flexibility index (Phi) is 3.28. The van der Waals surface area contributed by atoms with Crippen molar-refractivity contribution in [3.05, 3.63) is 54.6 Å². The molecule has 21 heavy (non-hydrogen) atoms. The van der Waals surface area contributed by atoms with Gasteiger partial charge >= 0.3 is 0 Å². The van der Waals surface area contributed by atoms with Gasteiger partial charge in [0.05, 0.1) is 12.7 Å². The standard InChI is InChI=1S/C17H15NO3/c1-20-13-9-5-8-12(10-13)14-15(19)16(21-17(14)18)11-6-3-2-4-7-11/h2-10,19H,18H2,1H3. The lowest BCUT2D eigenvalue weighted by molar-refractivity contribution is 0.415. The van der Waals surface area contributed by atoms with Crippen molar-refractivity contribution in [3.63, 3.8) is 0 Å². The second kappa shape index (κ2) is 5.25. The Balaban J connectivity index is 2.14. The van der Waals surface area contributed by atoms with Gasteiger partial charge in [0.1, 0.15) is 5.75 Å². The van der Waals surface area contributed by atoms with E-state index in [4.69, 9.17) is 14.9 Å². The van der Waals surface area contributed by atoms with Crippen LogP contribution in [-0.2, 0) is 0 Å². The molecule has 0 aliphatic heterocycles. The highest BCUT2D eigenvalue weighted by Crippen LogP contribution is 2.45. The molecule has 0 aliphatic rings. The molecule has 1 heterocycles. The van der Waals surface area contributed by atoms with Crippen LogP contribution in [0.5, 0.6) is 11.5 Å². The zero-order valence-corrected chi connectivity index (χ0v) is 11.5. The lowest BCUT2D eigenvalue weighted by atomic mass is 10.0. The number of nitrogen functional groups attached to an aromatic ring is 1. The molecule has 3 N–H and O–H groups in total. The summed E-state index contributed by atoms with van der Waals surface area (Å²) in [6, 6.07) is 16.7. The number of rotatable bonds is 3. The fourth-order valence-electron chi connectivity index (χ4n) is 2.28. The first-order chi connectivity index (χ1) is 10.2. The number of nitrogens with two attached hydrogens (primary N) is 1. The summed E-state index contributed by atoms with van der Waals surface area (Å²) < 4.78 is 10.7. The van der Waals surface area contributed by atoms with Crippen molar-refractivity contribution >= 4 is 5.88 Å². The highest BCUT2D eigenvalue weighted by molar-refractivity contribution is 5.86. The molecule has 0 radical (unpaired) electrons. The summed E-state index contributed by atoms with van der Waals surface area (Å²) in [5, 5.41) is 10.5. The summed E-state index contributed by atoms with van der Waals surface area (Å²) in [5.41, 5.74) is 7.93. The average molecular weight is 281 g/mol. The summed E-state index contributed by atoms with van der Waals surface area (Å²) in [5.74, 6) is 1.27. The summed E-state index contributed by atoms with van der Waals surface area (Å²) in [6.07, 6.45) is 0. The van der Waals surface area contributed by atoms with E-state index < -0.39 is 0 Å². The van der Waals surface area contributed by atoms with E-state index in [1.54, 1.807) is 13.2 Å². The van der Waals surface area contributed by atoms with Crippen LogP contribution in [0.1, 0.15) is 0 Å². The number of benzene rings is 2. The van der Waals surface area contributed by atoms with Crippen LogP contribution in [0.25, 0.3) is 22.5 Å². The van der Waals surface area contributed by atoms with Gasteiger partial charge in [0.25, 0.3) is 0 Å². The second-order valence-corrected chi connectivity index (χ2v) is 4.62. The highest BCUT2D eigenvalue weighted by atomic mass is 16.5. The molecule has 0 amide bonds. The van der Waals surface area contributed by atoms with Gasteiger partial charge in [-0.1, -0.05) is 42.5 Å². The van der Waals surface area contributed by atoms with Crippen LogP contribution in [-0.4, -0.2) is 12.2 Å². The van der Waals surface area contributed by atoms with Gasteiger partial charge in [-0.3, -0.25) is 0 Å². The largest absolute Gasteiger partial charge is 0.504 e. The van der Waals surface area contributed by atoms with Crippen molar-refractivity contribution in [2.24, 2.45) is 0 Å². The van der Waals surface area contributed by atoms with Gasteiger partial charge in [0, 0.05) is 5.56 Å².